The van der Waals surface area contributed by atoms with Crippen LogP contribution >= 0.6 is 0 Å². The van der Waals surface area contributed by atoms with Gasteiger partial charge in [0.1, 0.15) is 5.69 Å². The number of pyridine rings is 1. The summed E-state index contributed by atoms with van der Waals surface area (Å²) in [6, 6.07) is 13.6. The van der Waals surface area contributed by atoms with E-state index in [0.717, 1.165) is 17.2 Å². The first kappa shape index (κ1) is 11.3. The third-order valence-corrected chi connectivity index (χ3v) is 2.45. The largest absolute Gasteiger partial charge is 0.388 e. The van der Waals surface area contributed by atoms with Gasteiger partial charge in [-0.1, -0.05) is 6.07 Å². The molecule has 17 heavy (non-hydrogen) atoms. The Bertz CT molecular complexity index is 517. The number of benzene rings is 1. The highest BCUT2D eigenvalue weighted by atomic mass is 15.2. The molecule has 4 heteroatoms. The standard InChI is InChI=1S/C13H14N4/c1-14-11-6-8-12(9-7-11)15-16-13-5-3-4-10-17(13)2/h3-10H,1-2H3/p+1. The summed E-state index contributed by atoms with van der Waals surface area (Å²) < 4.78 is 1.92. The van der Waals surface area contributed by atoms with Crippen LogP contribution in [0.15, 0.2) is 58.9 Å². The number of nitrogens with one attached hydrogen (secondary N) is 1. The number of rotatable bonds is 3. The second kappa shape index (κ2) is 5.21. The number of aromatic nitrogens is 1. The molecule has 86 valence electrons. The summed E-state index contributed by atoms with van der Waals surface area (Å²) in [5, 5.41) is 11.4. The zero-order valence-corrected chi connectivity index (χ0v) is 9.96. The van der Waals surface area contributed by atoms with Gasteiger partial charge in [-0.3, -0.25) is 0 Å². The lowest BCUT2D eigenvalue weighted by Crippen LogP contribution is -2.26. The predicted octanol–water partition coefficient (Wildman–Crippen LogP) is 2.97. The molecular formula is C13H15N4+. The molecule has 0 unspecified atom stereocenters. The van der Waals surface area contributed by atoms with Gasteiger partial charge < -0.3 is 5.32 Å². The molecule has 0 amide bonds. The zero-order chi connectivity index (χ0) is 12.1. The highest BCUT2D eigenvalue weighted by Gasteiger charge is 2.03. The maximum atomic E-state index is 4.20. The number of hydrogen-bond donors (Lipinski definition) is 1. The van der Waals surface area contributed by atoms with Crippen LogP contribution in [0.5, 0.6) is 0 Å². The minimum atomic E-state index is 0.824. The molecule has 0 bridgehead atoms. The first-order valence-corrected chi connectivity index (χ1v) is 5.44. The normalized spacial score (nSPS) is 10.7. The van der Waals surface area contributed by atoms with Gasteiger partial charge in [0.2, 0.25) is 0 Å². The summed E-state index contributed by atoms with van der Waals surface area (Å²) in [5.41, 5.74) is 1.90. The van der Waals surface area contributed by atoms with Crippen molar-refractivity contribution in [1.82, 2.24) is 0 Å². The van der Waals surface area contributed by atoms with Gasteiger partial charge in [-0.2, -0.15) is 0 Å². The molecule has 1 aromatic heterocycles. The average Bonchev–Trinajstić information content (AvgIpc) is 2.38. The second-order valence-electron chi connectivity index (χ2n) is 3.67. The molecule has 2 rings (SSSR count). The Morgan fingerprint density at radius 2 is 1.76 bits per heavy atom. The Kier molecular flexibility index (Phi) is 3.45. The van der Waals surface area contributed by atoms with Gasteiger partial charge in [0.25, 0.3) is 0 Å². The van der Waals surface area contributed by atoms with E-state index >= 15 is 0 Å². The Morgan fingerprint density at radius 1 is 1.00 bits per heavy atom. The van der Waals surface area contributed by atoms with E-state index < -0.39 is 0 Å². The minimum Gasteiger partial charge on any atom is -0.388 e. The van der Waals surface area contributed by atoms with Crippen molar-refractivity contribution in [2.24, 2.45) is 17.3 Å². The molecule has 1 aromatic carbocycles. The quantitative estimate of drug-likeness (QED) is 0.635. The van der Waals surface area contributed by atoms with Crippen LogP contribution in [0.3, 0.4) is 0 Å². The Hall–Kier alpha value is -2.23. The van der Waals surface area contributed by atoms with Crippen LogP contribution in [-0.2, 0) is 7.05 Å². The maximum absolute atomic E-state index is 4.20. The monoisotopic (exact) mass is 227 g/mol. The topological polar surface area (TPSA) is 40.6 Å². The predicted molar refractivity (Wildman–Crippen MR) is 67.8 cm³/mol. The molecule has 0 aliphatic rings. The zero-order valence-electron chi connectivity index (χ0n) is 9.96. The summed E-state index contributed by atoms with van der Waals surface area (Å²) in [6.45, 7) is 0. The lowest BCUT2D eigenvalue weighted by molar-refractivity contribution is -0.658. The van der Waals surface area contributed by atoms with Crippen molar-refractivity contribution in [1.29, 1.82) is 0 Å². The summed E-state index contributed by atoms with van der Waals surface area (Å²) in [5.74, 6) is 0.824. The third kappa shape index (κ3) is 2.87. The molecular weight excluding hydrogens is 212 g/mol. The number of aryl methyl sites for hydroxylation is 1. The van der Waals surface area contributed by atoms with E-state index in [2.05, 4.69) is 15.5 Å². The van der Waals surface area contributed by atoms with E-state index in [-0.39, 0.29) is 0 Å². The van der Waals surface area contributed by atoms with E-state index in [1.165, 1.54) is 0 Å². The molecule has 4 nitrogen and oxygen atoms in total. The molecule has 0 saturated heterocycles. The molecule has 0 aliphatic heterocycles. The SMILES string of the molecule is CNc1ccc(/N=N/c2cccc[n+]2C)cc1. The number of nitrogens with zero attached hydrogens (tertiary/aromatic N) is 3. The van der Waals surface area contributed by atoms with E-state index in [1.54, 1.807) is 0 Å². The molecule has 0 saturated carbocycles. The summed E-state index contributed by atoms with van der Waals surface area (Å²) in [4.78, 5) is 0. The second-order valence-corrected chi connectivity index (χ2v) is 3.67. The fraction of sp³-hybridized carbons (Fsp3) is 0.154. The molecule has 2 aromatic rings. The van der Waals surface area contributed by atoms with Gasteiger partial charge in [0.05, 0.1) is 18.4 Å². The van der Waals surface area contributed by atoms with Crippen LogP contribution in [0.4, 0.5) is 17.2 Å². The molecule has 0 radical (unpaired) electrons. The van der Waals surface area contributed by atoms with Crippen LogP contribution in [-0.4, -0.2) is 7.05 Å². The molecule has 0 atom stereocenters. The number of hydrogen-bond acceptors (Lipinski definition) is 3. The number of azo groups is 1. The third-order valence-electron chi connectivity index (χ3n) is 2.45. The van der Waals surface area contributed by atoms with Gasteiger partial charge >= 0.3 is 5.82 Å². The van der Waals surface area contributed by atoms with Crippen molar-refractivity contribution < 1.29 is 4.57 Å². The van der Waals surface area contributed by atoms with Gasteiger partial charge in [-0.15, -0.1) is 0 Å². The fourth-order valence-electron chi connectivity index (χ4n) is 1.42. The highest BCUT2D eigenvalue weighted by molar-refractivity contribution is 5.50. The van der Waals surface area contributed by atoms with Crippen molar-refractivity contribution in [3.63, 3.8) is 0 Å². The summed E-state index contributed by atoms with van der Waals surface area (Å²) in [7, 11) is 3.83. The molecule has 0 spiro atoms. The highest BCUT2D eigenvalue weighted by Crippen LogP contribution is 2.17. The van der Waals surface area contributed by atoms with Gasteiger partial charge in [0.15, 0.2) is 0 Å². The van der Waals surface area contributed by atoms with Crippen molar-refractivity contribution in [2.75, 3.05) is 12.4 Å². The minimum absolute atomic E-state index is 0.824. The van der Waals surface area contributed by atoms with E-state index in [4.69, 9.17) is 0 Å². The first-order valence-electron chi connectivity index (χ1n) is 5.44. The first-order chi connectivity index (χ1) is 8.29. The van der Waals surface area contributed by atoms with Crippen LogP contribution < -0.4 is 9.88 Å². The molecule has 1 heterocycles. The van der Waals surface area contributed by atoms with Gasteiger partial charge in [0, 0.05) is 18.8 Å². The molecule has 0 fully saturated rings. The van der Waals surface area contributed by atoms with Crippen LogP contribution in [0.1, 0.15) is 0 Å². The molecule has 0 aliphatic carbocycles. The Balaban J connectivity index is 2.17. The summed E-state index contributed by atoms with van der Waals surface area (Å²) in [6.07, 6.45) is 1.94. The van der Waals surface area contributed by atoms with E-state index in [9.17, 15) is 0 Å². The Labute approximate surface area is 101 Å². The van der Waals surface area contributed by atoms with E-state index in [1.807, 2.05) is 67.3 Å². The maximum Gasteiger partial charge on any atom is 0.350 e. The summed E-state index contributed by atoms with van der Waals surface area (Å²) >= 11 is 0. The van der Waals surface area contributed by atoms with Crippen molar-refractivity contribution in [3.05, 3.63) is 48.7 Å². The van der Waals surface area contributed by atoms with Crippen LogP contribution in [0.25, 0.3) is 0 Å². The van der Waals surface area contributed by atoms with Crippen LogP contribution in [0, 0.1) is 0 Å². The Morgan fingerprint density at radius 3 is 2.41 bits per heavy atom. The van der Waals surface area contributed by atoms with Crippen molar-refractivity contribution >= 4 is 17.2 Å². The van der Waals surface area contributed by atoms with Crippen molar-refractivity contribution in [2.45, 2.75) is 0 Å². The van der Waals surface area contributed by atoms with Crippen molar-refractivity contribution in [3.8, 4) is 0 Å². The van der Waals surface area contributed by atoms with Gasteiger partial charge in [-0.25, -0.2) is 4.57 Å². The average molecular weight is 227 g/mol. The smallest absolute Gasteiger partial charge is 0.350 e. The lowest BCUT2D eigenvalue weighted by atomic mass is 10.3. The fourth-order valence-corrected chi connectivity index (χ4v) is 1.42. The van der Waals surface area contributed by atoms with E-state index in [0.29, 0.717) is 0 Å². The van der Waals surface area contributed by atoms with Crippen LogP contribution in [0.2, 0.25) is 0 Å². The molecule has 1 N–H and O–H groups in total. The lowest BCUT2D eigenvalue weighted by Gasteiger charge is -1.97. The van der Waals surface area contributed by atoms with Gasteiger partial charge in [-0.05, 0) is 35.4 Å². The number of anilines is 1.